The zero-order valence-corrected chi connectivity index (χ0v) is 17.1. The lowest BCUT2D eigenvalue weighted by Gasteiger charge is -2.40. The number of anilines is 1. The van der Waals surface area contributed by atoms with Gasteiger partial charge in [0.2, 0.25) is 11.8 Å². The molecule has 0 aliphatic carbocycles. The Hall–Kier alpha value is -2.08. The van der Waals surface area contributed by atoms with Crippen LogP contribution in [0.2, 0.25) is 0 Å². The van der Waals surface area contributed by atoms with Gasteiger partial charge in [-0.2, -0.15) is 0 Å². The van der Waals surface area contributed by atoms with Crippen molar-refractivity contribution in [2.45, 2.75) is 45.2 Å². The van der Waals surface area contributed by atoms with E-state index in [2.05, 4.69) is 18.9 Å². The van der Waals surface area contributed by atoms with E-state index in [1.807, 2.05) is 37.1 Å². The van der Waals surface area contributed by atoms with Crippen molar-refractivity contribution in [1.29, 1.82) is 0 Å². The van der Waals surface area contributed by atoms with E-state index < -0.39 is 0 Å². The highest BCUT2D eigenvalue weighted by Crippen LogP contribution is 2.34. The Bertz CT molecular complexity index is 721. The Balaban J connectivity index is 1.71. The van der Waals surface area contributed by atoms with Crippen LogP contribution in [0.4, 0.5) is 5.69 Å². The number of hydrogen-bond donors (Lipinski definition) is 0. The van der Waals surface area contributed by atoms with E-state index in [4.69, 9.17) is 4.74 Å². The number of nitrogens with zero attached hydrogens (tertiary/aromatic N) is 3. The highest BCUT2D eigenvalue weighted by atomic mass is 16.5. The van der Waals surface area contributed by atoms with Gasteiger partial charge in [-0.1, -0.05) is 6.07 Å². The van der Waals surface area contributed by atoms with E-state index in [9.17, 15) is 9.59 Å². The number of rotatable bonds is 4. The second-order valence-corrected chi connectivity index (χ2v) is 8.04. The number of ether oxygens (including phenoxy) is 1. The molecule has 3 rings (SSSR count). The summed E-state index contributed by atoms with van der Waals surface area (Å²) in [5.74, 6) is 0.448. The Morgan fingerprint density at radius 3 is 2.74 bits per heavy atom. The molecule has 3 atom stereocenters. The van der Waals surface area contributed by atoms with Crippen LogP contribution in [0.1, 0.15) is 31.7 Å². The van der Waals surface area contributed by atoms with Crippen molar-refractivity contribution in [3.8, 4) is 5.75 Å². The predicted octanol–water partition coefficient (Wildman–Crippen LogP) is 2.30. The molecule has 2 fully saturated rings. The molecule has 0 bridgehead atoms. The minimum atomic E-state index is -0.289. The molecule has 2 aliphatic heterocycles. The van der Waals surface area contributed by atoms with Gasteiger partial charge in [0.1, 0.15) is 5.75 Å². The van der Waals surface area contributed by atoms with Gasteiger partial charge in [0.05, 0.1) is 18.7 Å². The van der Waals surface area contributed by atoms with Crippen molar-refractivity contribution in [3.63, 3.8) is 0 Å². The van der Waals surface area contributed by atoms with Crippen LogP contribution in [0.3, 0.4) is 0 Å². The van der Waals surface area contributed by atoms with Crippen molar-refractivity contribution in [3.05, 3.63) is 23.8 Å². The topological polar surface area (TPSA) is 53.1 Å². The molecule has 0 unspecified atom stereocenters. The van der Waals surface area contributed by atoms with Gasteiger partial charge < -0.3 is 19.4 Å². The van der Waals surface area contributed by atoms with E-state index >= 15 is 0 Å². The van der Waals surface area contributed by atoms with Crippen LogP contribution < -0.4 is 9.64 Å². The summed E-state index contributed by atoms with van der Waals surface area (Å²) in [6.07, 6.45) is 2.23. The molecule has 2 heterocycles. The largest absolute Gasteiger partial charge is 0.495 e. The van der Waals surface area contributed by atoms with Crippen molar-refractivity contribution < 1.29 is 14.3 Å². The second-order valence-electron chi connectivity index (χ2n) is 8.04. The maximum absolute atomic E-state index is 13.1. The first-order valence-corrected chi connectivity index (χ1v) is 9.73. The smallest absolute Gasteiger partial charge is 0.228 e. The molecule has 6 nitrogen and oxygen atoms in total. The van der Waals surface area contributed by atoms with Gasteiger partial charge in [0.15, 0.2) is 0 Å². The molecule has 2 amide bonds. The van der Waals surface area contributed by atoms with Gasteiger partial charge in [-0.25, -0.2) is 0 Å². The van der Waals surface area contributed by atoms with E-state index in [1.54, 1.807) is 12.0 Å². The molecule has 1 aromatic rings. The molecule has 0 N–H and O–H groups in total. The quantitative estimate of drug-likeness (QED) is 0.813. The molecule has 0 saturated carbocycles. The molecule has 2 saturated heterocycles. The summed E-state index contributed by atoms with van der Waals surface area (Å²) < 4.78 is 5.43. The van der Waals surface area contributed by atoms with Gasteiger partial charge in [-0.05, 0) is 51.4 Å². The third-order valence-corrected chi connectivity index (χ3v) is 6.18. The maximum atomic E-state index is 13.1. The van der Waals surface area contributed by atoms with Gasteiger partial charge in [-0.3, -0.25) is 9.59 Å². The fourth-order valence-electron chi connectivity index (χ4n) is 4.20. The molecule has 0 radical (unpaired) electrons. The Labute approximate surface area is 162 Å². The number of benzene rings is 1. The van der Waals surface area contributed by atoms with Gasteiger partial charge in [-0.15, -0.1) is 0 Å². The van der Waals surface area contributed by atoms with Crippen LogP contribution in [0, 0.1) is 12.8 Å². The van der Waals surface area contributed by atoms with Crippen molar-refractivity contribution in [2.24, 2.45) is 5.92 Å². The summed E-state index contributed by atoms with van der Waals surface area (Å²) in [4.78, 5) is 31.7. The summed E-state index contributed by atoms with van der Waals surface area (Å²) in [6.45, 7) is 5.61. The summed E-state index contributed by atoms with van der Waals surface area (Å²) in [5, 5.41) is 0. The van der Waals surface area contributed by atoms with Crippen molar-refractivity contribution in [2.75, 3.05) is 39.2 Å². The highest BCUT2D eigenvalue weighted by molar-refractivity contribution is 6.01. The van der Waals surface area contributed by atoms with Crippen LogP contribution >= 0.6 is 0 Å². The summed E-state index contributed by atoms with van der Waals surface area (Å²) >= 11 is 0. The summed E-state index contributed by atoms with van der Waals surface area (Å²) in [5.41, 5.74) is 1.82. The minimum absolute atomic E-state index is 0.0117. The molecule has 6 heteroatoms. The average Bonchev–Trinajstić information content (AvgIpc) is 3.04. The lowest BCUT2D eigenvalue weighted by molar-refractivity contribution is -0.137. The fourth-order valence-corrected chi connectivity index (χ4v) is 4.20. The number of piperidine rings is 1. The maximum Gasteiger partial charge on any atom is 0.228 e. The monoisotopic (exact) mass is 373 g/mol. The first-order valence-electron chi connectivity index (χ1n) is 9.73. The second kappa shape index (κ2) is 7.89. The van der Waals surface area contributed by atoms with Crippen molar-refractivity contribution in [1.82, 2.24) is 9.80 Å². The highest BCUT2D eigenvalue weighted by Gasteiger charge is 2.39. The molecule has 1 aromatic carbocycles. The van der Waals surface area contributed by atoms with Gasteiger partial charge in [0, 0.05) is 38.6 Å². The minimum Gasteiger partial charge on any atom is -0.495 e. The molecule has 0 aromatic heterocycles. The average molecular weight is 373 g/mol. The lowest BCUT2D eigenvalue weighted by Crippen LogP contribution is -2.49. The van der Waals surface area contributed by atoms with Crippen LogP contribution in [0.15, 0.2) is 18.2 Å². The van der Waals surface area contributed by atoms with E-state index in [0.717, 1.165) is 30.6 Å². The van der Waals surface area contributed by atoms with Crippen LogP contribution in [0.25, 0.3) is 0 Å². The SMILES string of the molecule is COc1ccc(C)cc1N1C[C@H](C(=O)N(C)[C@@H]2CCN(C)[C@H](C)C2)CC1=O. The van der Waals surface area contributed by atoms with Crippen LogP contribution in [-0.4, -0.2) is 68.0 Å². The number of likely N-dealkylation sites (tertiary alicyclic amines) is 1. The number of carbonyl (C=O) groups is 2. The number of amides is 2. The summed E-state index contributed by atoms with van der Waals surface area (Å²) in [6, 6.07) is 6.50. The number of methoxy groups -OCH3 is 1. The standard InChI is InChI=1S/C21H31N3O3/c1-14-6-7-19(27-5)18(10-14)24-13-16(12-20(24)25)21(26)23(4)17-8-9-22(3)15(2)11-17/h6-7,10,15-17H,8-9,11-13H2,1-5H3/t15-,16-,17-/m1/s1. The van der Waals surface area contributed by atoms with Crippen LogP contribution in [-0.2, 0) is 9.59 Å². The molecular weight excluding hydrogens is 342 g/mol. The first-order chi connectivity index (χ1) is 12.8. The number of carbonyl (C=O) groups excluding carboxylic acids is 2. The predicted molar refractivity (Wildman–Crippen MR) is 106 cm³/mol. The Morgan fingerprint density at radius 2 is 2.07 bits per heavy atom. The molecule has 0 spiro atoms. The Morgan fingerprint density at radius 1 is 1.33 bits per heavy atom. The normalized spacial score (nSPS) is 26.3. The van der Waals surface area contributed by atoms with E-state index in [-0.39, 0.29) is 30.2 Å². The molecule has 27 heavy (non-hydrogen) atoms. The zero-order chi connectivity index (χ0) is 19.7. The third-order valence-electron chi connectivity index (χ3n) is 6.18. The number of hydrogen-bond acceptors (Lipinski definition) is 4. The third kappa shape index (κ3) is 3.95. The van der Waals surface area contributed by atoms with E-state index in [0.29, 0.717) is 18.3 Å². The van der Waals surface area contributed by atoms with E-state index in [1.165, 1.54) is 0 Å². The van der Waals surface area contributed by atoms with Crippen LogP contribution in [0.5, 0.6) is 5.75 Å². The van der Waals surface area contributed by atoms with Gasteiger partial charge >= 0.3 is 0 Å². The molecular formula is C21H31N3O3. The number of aryl methyl sites for hydroxylation is 1. The first kappa shape index (κ1) is 19.7. The Kier molecular flexibility index (Phi) is 5.75. The van der Waals surface area contributed by atoms with Crippen molar-refractivity contribution >= 4 is 17.5 Å². The van der Waals surface area contributed by atoms with Gasteiger partial charge in [0.25, 0.3) is 0 Å². The fraction of sp³-hybridized carbons (Fsp3) is 0.619. The molecule has 2 aliphatic rings. The molecule has 148 valence electrons. The summed E-state index contributed by atoms with van der Waals surface area (Å²) in [7, 11) is 5.63. The zero-order valence-electron chi connectivity index (χ0n) is 17.1. The lowest BCUT2D eigenvalue weighted by atomic mass is 9.96.